The van der Waals surface area contributed by atoms with Crippen LogP contribution in [0.4, 0.5) is 14.5 Å². The molecule has 0 fully saturated rings. The number of anilines is 1. The van der Waals surface area contributed by atoms with Gasteiger partial charge in [0, 0.05) is 24.2 Å². The Kier molecular flexibility index (Phi) is 6.37. The van der Waals surface area contributed by atoms with Crippen molar-refractivity contribution in [2.24, 2.45) is 0 Å². The number of fused-ring (bicyclic) bond motifs is 2. The van der Waals surface area contributed by atoms with Crippen LogP contribution in [0.3, 0.4) is 0 Å². The molecule has 3 aromatic carbocycles. The fourth-order valence-corrected chi connectivity index (χ4v) is 4.46. The Hall–Kier alpha value is -3.92. The molecule has 0 saturated carbocycles. The van der Waals surface area contributed by atoms with E-state index in [1.54, 1.807) is 42.5 Å². The van der Waals surface area contributed by atoms with Crippen LogP contribution in [0.1, 0.15) is 6.42 Å². The standard InChI is InChI=1S/C25H19F2N3O4S/c26-15-6-8-20(18(27)12-15)30-24(32)17-4-1-2-5-19(17)29-25(30)35-14-23(31)28-16-7-9-21-22(13-16)34-11-3-10-33-21/h1-2,4-9,12-13H,3,10-11,14H2,(H,28,31). The molecule has 0 spiro atoms. The van der Waals surface area contributed by atoms with E-state index in [0.717, 1.165) is 28.8 Å². The summed E-state index contributed by atoms with van der Waals surface area (Å²) in [4.78, 5) is 30.4. The number of hydrogen-bond donors (Lipinski definition) is 1. The fraction of sp³-hybridized carbons (Fsp3) is 0.160. The molecule has 0 saturated heterocycles. The zero-order chi connectivity index (χ0) is 24.4. The summed E-state index contributed by atoms with van der Waals surface area (Å²) in [6.45, 7) is 1.08. The van der Waals surface area contributed by atoms with Crippen molar-refractivity contribution >= 4 is 34.3 Å². The summed E-state index contributed by atoms with van der Waals surface area (Å²) in [6, 6.07) is 14.7. The zero-order valence-electron chi connectivity index (χ0n) is 18.3. The van der Waals surface area contributed by atoms with E-state index in [0.29, 0.717) is 42.0 Å². The predicted molar refractivity (Wildman–Crippen MR) is 129 cm³/mol. The minimum absolute atomic E-state index is 0.105. The van der Waals surface area contributed by atoms with Gasteiger partial charge in [0.15, 0.2) is 16.7 Å². The summed E-state index contributed by atoms with van der Waals surface area (Å²) >= 11 is 0.967. The third-order valence-electron chi connectivity index (χ3n) is 5.26. The van der Waals surface area contributed by atoms with Crippen molar-refractivity contribution in [3.8, 4) is 17.2 Å². The first kappa shape index (κ1) is 22.9. The molecule has 178 valence electrons. The van der Waals surface area contributed by atoms with Crippen LogP contribution in [-0.4, -0.2) is 34.4 Å². The van der Waals surface area contributed by atoms with E-state index in [-0.39, 0.29) is 27.9 Å². The van der Waals surface area contributed by atoms with Crippen LogP contribution >= 0.6 is 11.8 Å². The molecule has 1 N–H and O–H groups in total. The van der Waals surface area contributed by atoms with E-state index in [2.05, 4.69) is 10.3 Å². The van der Waals surface area contributed by atoms with Crippen LogP contribution in [0.5, 0.6) is 11.5 Å². The van der Waals surface area contributed by atoms with E-state index >= 15 is 0 Å². The fourth-order valence-electron chi connectivity index (χ4n) is 3.65. The molecule has 35 heavy (non-hydrogen) atoms. The Bertz CT molecular complexity index is 1490. The molecule has 1 amide bonds. The number of aromatic nitrogens is 2. The van der Waals surface area contributed by atoms with E-state index in [1.807, 2.05) is 0 Å². The quantitative estimate of drug-likeness (QED) is 0.323. The third-order valence-corrected chi connectivity index (χ3v) is 6.20. The number of nitrogens with zero attached hydrogens (tertiary/aromatic N) is 2. The SMILES string of the molecule is O=C(CSc1nc2ccccc2c(=O)n1-c1ccc(F)cc1F)Nc1ccc2c(c1)OCCCO2. The minimum atomic E-state index is -0.914. The number of para-hydroxylation sites is 1. The predicted octanol–water partition coefficient (Wildman–Crippen LogP) is 4.56. The molecule has 0 radical (unpaired) electrons. The summed E-state index contributed by atoms with van der Waals surface area (Å²) < 4.78 is 40.4. The molecule has 7 nitrogen and oxygen atoms in total. The largest absolute Gasteiger partial charge is 0.490 e. The average Bonchev–Trinajstić information content (AvgIpc) is 3.09. The van der Waals surface area contributed by atoms with Crippen molar-refractivity contribution < 1.29 is 23.0 Å². The Morgan fingerprint density at radius 1 is 1.03 bits per heavy atom. The van der Waals surface area contributed by atoms with Gasteiger partial charge in [0.1, 0.15) is 11.6 Å². The van der Waals surface area contributed by atoms with Gasteiger partial charge in [-0.15, -0.1) is 0 Å². The molecule has 5 rings (SSSR count). The number of ether oxygens (including phenoxy) is 2. The molecule has 2 heterocycles. The highest BCUT2D eigenvalue weighted by atomic mass is 32.2. The van der Waals surface area contributed by atoms with E-state index in [1.165, 1.54) is 6.07 Å². The van der Waals surface area contributed by atoms with Gasteiger partial charge in [-0.1, -0.05) is 23.9 Å². The number of hydrogen-bond acceptors (Lipinski definition) is 6. The highest BCUT2D eigenvalue weighted by Crippen LogP contribution is 2.32. The van der Waals surface area contributed by atoms with Crippen molar-refractivity contribution in [1.82, 2.24) is 9.55 Å². The van der Waals surface area contributed by atoms with Gasteiger partial charge in [-0.25, -0.2) is 13.8 Å². The molecular weight excluding hydrogens is 476 g/mol. The Morgan fingerprint density at radius 2 is 1.83 bits per heavy atom. The molecule has 4 aromatic rings. The van der Waals surface area contributed by atoms with Gasteiger partial charge >= 0.3 is 0 Å². The maximum Gasteiger partial charge on any atom is 0.266 e. The molecule has 10 heteroatoms. The van der Waals surface area contributed by atoms with E-state index in [4.69, 9.17) is 9.47 Å². The monoisotopic (exact) mass is 495 g/mol. The minimum Gasteiger partial charge on any atom is -0.490 e. The second-order valence-corrected chi connectivity index (χ2v) is 8.64. The summed E-state index contributed by atoms with van der Waals surface area (Å²) in [7, 11) is 0. The van der Waals surface area contributed by atoms with Crippen LogP contribution < -0.4 is 20.3 Å². The van der Waals surface area contributed by atoms with Gasteiger partial charge in [0.2, 0.25) is 5.91 Å². The summed E-state index contributed by atoms with van der Waals surface area (Å²) in [5, 5.41) is 3.16. The van der Waals surface area contributed by atoms with Gasteiger partial charge in [-0.05, 0) is 36.4 Å². The number of thioether (sulfide) groups is 1. The number of halogens is 2. The average molecular weight is 496 g/mol. The lowest BCUT2D eigenvalue weighted by molar-refractivity contribution is -0.113. The van der Waals surface area contributed by atoms with E-state index < -0.39 is 17.2 Å². The van der Waals surface area contributed by atoms with Crippen LogP contribution in [-0.2, 0) is 4.79 Å². The summed E-state index contributed by atoms with van der Waals surface area (Å²) in [6.07, 6.45) is 0.766. The summed E-state index contributed by atoms with van der Waals surface area (Å²) in [5.74, 6) is -0.995. The number of amides is 1. The molecule has 0 bridgehead atoms. The van der Waals surface area contributed by atoms with Gasteiger partial charge in [-0.2, -0.15) is 0 Å². The van der Waals surface area contributed by atoms with Crippen LogP contribution in [0.2, 0.25) is 0 Å². The lowest BCUT2D eigenvalue weighted by Crippen LogP contribution is -2.23. The second kappa shape index (κ2) is 9.75. The van der Waals surface area contributed by atoms with E-state index in [9.17, 15) is 18.4 Å². The van der Waals surface area contributed by atoms with Crippen molar-refractivity contribution in [2.45, 2.75) is 11.6 Å². The number of carbonyl (C=O) groups excluding carboxylic acids is 1. The molecule has 0 aliphatic carbocycles. The zero-order valence-corrected chi connectivity index (χ0v) is 19.1. The van der Waals surface area contributed by atoms with Gasteiger partial charge < -0.3 is 14.8 Å². The summed E-state index contributed by atoms with van der Waals surface area (Å²) in [5.41, 5.74) is 0.253. The van der Waals surface area contributed by atoms with Crippen LogP contribution in [0, 0.1) is 11.6 Å². The number of nitrogens with one attached hydrogen (secondary N) is 1. The van der Waals surface area contributed by atoms with Gasteiger partial charge in [0.05, 0.1) is 35.6 Å². The number of carbonyl (C=O) groups is 1. The van der Waals surface area contributed by atoms with Gasteiger partial charge in [0.25, 0.3) is 5.56 Å². The Morgan fingerprint density at radius 3 is 2.66 bits per heavy atom. The number of benzene rings is 3. The maximum atomic E-state index is 14.6. The first-order chi connectivity index (χ1) is 17.0. The highest BCUT2D eigenvalue weighted by Gasteiger charge is 2.18. The molecular formula is C25H19F2N3O4S. The second-order valence-electron chi connectivity index (χ2n) is 7.70. The molecule has 1 aliphatic heterocycles. The number of rotatable bonds is 5. The lowest BCUT2D eigenvalue weighted by Gasteiger charge is -2.14. The van der Waals surface area contributed by atoms with Crippen molar-refractivity contribution in [3.63, 3.8) is 0 Å². The molecule has 0 unspecified atom stereocenters. The first-order valence-corrected chi connectivity index (χ1v) is 11.8. The van der Waals surface area contributed by atoms with Crippen molar-refractivity contribution in [1.29, 1.82) is 0 Å². The molecule has 1 aliphatic rings. The molecule has 1 aromatic heterocycles. The maximum absolute atomic E-state index is 14.6. The molecule has 0 atom stereocenters. The lowest BCUT2D eigenvalue weighted by atomic mass is 10.2. The Labute approximate surface area is 202 Å². The van der Waals surface area contributed by atoms with Crippen LogP contribution in [0.25, 0.3) is 16.6 Å². The van der Waals surface area contributed by atoms with Crippen LogP contribution in [0.15, 0.2) is 70.6 Å². The van der Waals surface area contributed by atoms with Gasteiger partial charge in [-0.3, -0.25) is 14.2 Å². The first-order valence-electron chi connectivity index (χ1n) is 10.8. The Balaban J connectivity index is 1.42. The van der Waals surface area contributed by atoms with Crippen molar-refractivity contribution in [3.05, 3.63) is 82.7 Å². The smallest absolute Gasteiger partial charge is 0.266 e. The third kappa shape index (κ3) is 4.83. The normalized spacial score (nSPS) is 12.9. The highest BCUT2D eigenvalue weighted by molar-refractivity contribution is 7.99. The van der Waals surface area contributed by atoms with Crippen molar-refractivity contribution in [2.75, 3.05) is 24.3 Å². The topological polar surface area (TPSA) is 82.5 Å².